The fourth-order valence-corrected chi connectivity index (χ4v) is 2.72. The predicted octanol–water partition coefficient (Wildman–Crippen LogP) is 3.05. The molecule has 0 spiro atoms. The first-order valence-corrected chi connectivity index (χ1v) is 7.02. The van der Waals surface area contributed by atoms with Crippen LogP contribution in [0.4, 0.5) is 0 Å². The molecule has 0 saturated carbocycles. The van der Waals surface area contributed by atoms with Crippen LogP contribution in [0.3, 0.4) is 0 Å². The predicted molar refractivity (Wildman–Crippen MR) is 81.1 cm³/mol. The third-order valence-electron chi connectivity index (χ3n) is 3.29. The number of nitrogens with one attached hydrogen (secondary N) is 2. The summed E-state index contributed by atoms with van der Waals surface area (Å²) >= 11 is 3.49. The Morgan fingerprint density at radius 3 is 2.40 bits per heavy atom. The minimum atomic E-state index is -0.864. The highest BCUT2D eigenvalue weighted by atomic mass is 79.9. The summed E-state index contributed by atoms with van der Waals surface area (Å²) in [4.78, 5) is 5.97. The van der Waals surface area contributed by atoms with Crippen molar-refractivity contribution >= 4 is 21.9 Å². The Morgan fingerprint density at radius 2 is 1.80 bits per heavy atom. The van der Waals surface area contributed by atoms with E-state index in [4.69, 9.17) is 10.2 Å². The monoisotopic (exact) mass is 331 g/mol. The van der Waals surface area contributed by atoms with Crippen LogP contribution in [0.2, 0.25) is 0 Å². The lowest BCUT2D eigenvalue weighted by molar-refractivity contribution is -0.150. The molecule has 2 aromatic rings. The van der Waals surface area contributed by atoms with E-state index in [2.05, 4.69) is 21.2 Å². The van der Waals surface area contributed by atoms with Crippen molar-refractivity contribution in [2.45, 2.75) is 5.72 Å². The molecule has 2 N–H and O–H groups in total. The maximum absolute atomic E-state index is 7.94. The minimum Gasteiger partial charge on any atom is -0.317 e. The molecule has 1 heterocycles. The first kappa shape index (κ1) is 13.1. The van der Waals surface area contributed by atoms with Gasteiger partial charge in [0.1, 0.15) is 0 Å². The van der Waals surface area contributed by atoms with Crippen molar-refractivity contribution in [2.75, 3.05) is 7.05 Å². The molecule has 0 aromatic heterocycles. The van der Waals surface area contributed by atoms with E-state index in [0.717, 1.165) is 15.6 Å². The number of guanidine groups is 1. The summed E-state index contributed by atoms with van der Waals surface area (Å²) in [5.74, 6) is 0.230. The summed E-state index contributed by atoms with van der Waals surface area (Å²) in [6, 6.07) is 17.7. The van der Waals surface area contributed by atoms with Gasteiger partial charge in [0, 0.05) is 22.6 Å². The molecule has 1 aliphatic rings. The van der Waals surface area contributed by atoms with Crippen LogP contribution in [0.25, 0.3) is 0 Å². The second kappa shape index (κ2) is 4.92. The number of hydrogen-bond acceptors (Lipinski definition) is 2. The first-order valence-electron chi connectivity index (χ1n) is 6.23. The number of rotatable bonds is 2. The fourth-order valence-electron chi connectivity index (χ4n) is 2.32. The molecular weight excluding hydrogens is 318 g/mol. The number of nitrogens with zero attached hydrogens (tertiary/aromatic N) is 1. The minimum absolute atomic E-state index is 0.230. The second-order valence-corrected chi connectivity index (χ2v) is 5.54. The van der Waals surface area contributed by atoms with Gasteiger partial charge in [0.05, 0.1) is 0 Å². The molecule has 0 bridgehead atoms. The van der Waals surface area contributed by atoms with E-state index in [1.54, 1.807) is 7.05 Å². The molecule has 1 unspecified atom stereocenters. The van der Waals surface area contributed by atoms with Gasteiger partial charge in [0.15, 0.2) is 0 Å². The smallest absolute Gasteiger partial charge is 0.219 e. The van der Waals surface area contributed by atoms with E-state index in [1.807, 2.05) is 54.6 Å². The molecule has 4 nitrogen and oxygen atoms in total. The highest BCUT2D eigenvalue weighted by Gasteiger charge is 2.44. The fraction of sp³-hybridized carbons (Fsp3) is 0.133. The number of benzene rings is 2. The number of halogens is 1. The lowest BCUT2D eigenvalue weighted by atomic mass is 9.94. The maximum atomic E-state index is 7.94. The van der Waals surface area contributed by atoms with Gasteiger partial charge in [0.2, 0.25) is 11.7 Å². The largest absolute Gasteiger partial charge is 0.317 e. The molecule has 3 rings (SSSR count). The summed E-state index contributed by atoms with van der Waals surface area (Å²) in [7, 11) is 1.72. The van der Waals surface area contributed by atoms with Gasteiger partial charge in [-0.05, 0) is 12.1 Å². The van der Waals surface area contributed by atoms with E-state index in [0.29, 0.717) is 0 Å². The molecule has 1 saturated heterocycles. The Labute approximate surface area is 126 Å². The Balaban J connectivity index is 2.17. The lowest BCUT2D eigenvalue weighted by Gasteiger charge is -2.28. The van der Waals surface area contributed by atoms with Crippen molar-refractivity contribution in [2.24, 2.45) is 0 Å². The van der Waals surface area contributed by atoms with Crippen LogP contribution >= 0.6 is 15.9 Å². The summed E-state index contributed by atoms with van der Waals surface area (Å²) < 4.78 is 0.969. The highest BCUT2D eigenvalue weighted by molar-refractivity contribution is 9.10. The van der Waals surface area contributed by atoms with Gasteiger partial charge in [-0.3, -0.25) is 5.41 Å². The van der Waals surface area contributed by atoms with E-state index < -0.39 is 5.72 Å². The van der Waals surface area contributed by atoms with Gasteiger partial charge >= 0.3 is 0 Å². The van der Waals surface area contributed by atoms with Gasteiger partial charge in [-0.2, -0.15) is 0 Å². The number of hydrogen-bond donors (Lipinski definition) is 2. The van der Waals surface area contributed by atoms with Crippen LogP contribution < -0.4 is 5.32 Å². The lowest BCUT2D eigenvalue weighted by Crippen LogP contribution is -2.40. The second-order valence-electron chi connectivity index (χ2n) is 4.62. The first-order chi connectivity index (χ1) is 9.62. The van der Waals surface area contributed by atoms with Crippen molar-refractivity contribution in [3.05, 3.63) is 70.2 Å². The summed E-state index contributed by atoms with van der Waals surface area (Å²) in [5, 5.41) is 12.5. The normalized spacial score (nSPS) is 21.9. The van der Waals surface area contributed by atoms with E-state index >= 15 is 0 Å². The van der Waals surface area contributed by atoms with Crippen LogP contribution in [-0.2, 0) is 10.6 Å². The maximum Gasteiger partial charge on any atom is 0.219 e. The van der Waals surface area contributed by atoms with Crippen molar-refractivity contribution < 1.29 is 4.84 Å². The number of hydroxylamine groups is 2. The quantitative estimate of drug-likeness (QED) is 0.889. The zero-order chi connectivity index (χ0) is 14.2. The Hall–Kier alpha value is -1.85. The zero-order valence-corrected chi connectivity index (χ0v) is 12.5. The van der Waals surface area contributed by atoms with Crippen LogP contribution in [0.1, 0.15) is 11.1 Å². The average Bonchev–Trinajstić information content (AvgIpc) is 2.77. The molecule has 1 atom stereocenters. The van der Waals surface area contributed by atoms with Crippen LogP contribution in [-0.4, -0.2) is 18.1 Å². The third kappa shape index (κ3) is 2.09. The summed E-state index contributed by atoms with van der Waals surface area (Å²) in [6.45, 7) is 0. The van der Waals surface area contributed by atoms with Crippen molar-refractivity contribution in [3.63, 3.8) is 0 Å². The molecular formula is C15H14BrN3O. The summed E-state index contributed by atoms with van der Waals surface area (Å²) in [5.41, 5.74) is 1.02. The van der Waals surface area contributed by atoms with Gasteiger partial charge in [-0.15, -0.1) is 0 Å². The van der Waals surface area contributed by atoms with E-state index in [1.165, 1.54) is 5.06 Å². The molecule has 0 aliphatic carbocycles. The summed E-state index contributed by atoms with van der Waals surface area (Å²) in [6.07, 6.45) is 0. The van der Waals surface area contributed by atoms with Crippen LogP contribution in [0, 0.1) is 5.41 Å². The van der Waals surface area contributed by atoms with E-state index in [9.17, 15) is 0 Å². The molecule has 1 fully saturated rings. The van der Waals surface area contributed by atoms with Gasteiger partial charge < -0.3 is 5.32 Å². The van der Waals surface area contributed by atoms with Gasteiger partial charge in [0.25, 0.3) is 0 Å². The third-order valence-corrected chi connectivity index (χ3v) is 3.79. The van der Waals surface area contributed by atoms with Crippen LogP contribution in [0.5, 0.6) is 0 Å². The Morgan fingerprint density at radius 1 is 1.10 bits per heavy atom. The van der Waals surface area contributed by atoms with Gasteiger partial charge in [-0.1, -0.05) is 58.4 Å². The zero-order valence-electron chi connectivity index (χ0n) is 10.9. The molecule has 5 heteroatoms. The Kier molecular flexibility index (Phi) is 3.23. The standard InChI is InChI=1S/C15H14BrN3O/c1-19-14(17)18-15(20-19,11-6-3-2-4-7-11)12-8-5-9-13(16)10-12/h2-10H,1H3,(H2,17,18). The van der Waals surface area contributed by atoms with Gasteiger partial charge in [-0.25, -0.2) is 9.90 Å². The topological polar surface area (TPSA) is 48.4 Å². The molecule has 1 aliphatic heterocycles. The highest BCUT2D eigenvalue weighted by Crippen LogP contribution is 2.36. The average molecular weight is 332 g/mol. The molecule has 102 valence electrons. The molecule has 0 radical (unpaired) electrons. The van der Waals surface area contributed by atoms with Crippen LogP contribution in [0.15, 0.2) is 59.1 Å². The molecule has 20 heavy (non-hydrogen) atoms. The van der Waals surface area contributed by atoms with E-state index in [-0.39, 0.29) is 5.96 Å². The molecule has 0 amide bonds. The molecule has 2 aromatic carbocycles. The van der Waals surface area contributed by atoms with Crippen molar-refractivity contribution in [3.8, 4) is 0 Å². The van der Waals surface area contributed by atoms with Crippen molar-refractivity contribution in [1.82, 2.24) is 10.4 Å². The Bertz CT molecular complexity index is 647. The van der Waals surface area contributed by atoms with Crippen molar-refractivity contribution in [1.29, 1.82) is 5.41 Å². The SMILES string of the molecule is CN1OC(c2ccccc2)(c2cccc(Br)c2)NC1=N.